The summed E-state index contributed by atoms with van der Waals surface area (Å²) >= 11 is 0. The molecule has 1 aromatic rings. The summed E-state index contributed by atoms with van der Waals surface area (Å²) in [5.41, 5.74) is 6.07. The second-order valence-corrected chi connectivity index (χ2v) is 2.29. The third-order valence-electron chi connectivity index (χ3n) is 1.34. The second kappa shape index (κ2) is 5.77. The number of hydrogen-bond acceptors (Lipinski definition) is 3. The molecule has 0 bridgehead atoms. The van der Waals surface area contributed by atoms with Crippen molar-refractivity contribution in [1.29, 1.82) is 0 Å². The molecule has 1 aromatic carbocycles. The lowest BCUT2D eigenvalue weighted by atomic mass is 9.80. The molecule has 4 heteroatoms. The number of nitrogens with two attached hydrogens (primary N) is 1. The van der Waals surface area contributed by atoms with Crippen LogP contribution in [-0.2, 0) is 0 Å². The van der Waals surface area contributed by atoms with Gasteiger partial charge >= 0.3 is 7.12 Å². The van der Waals surface area contributed by atoms with Crippen LogP contribution in [-0.4, -0.2) is 24.2 Å². The van der Waals surface area contributed by atoms with Gasteiger partial charge in [0.25, 0.3) is 0 Å². The molecule has 0 atom stereocenters. The van der Waals surface area contributed by atoms with Crippen LogP contribution in [0.25, 0.3) is 0 Å². The third-order valence-corrected chi connectivity index (χ3v) is 1.34. The summed E-state index contributed by atoms with van der Waals surface area (Å²) in [5.74, 6) is 0. The van der Waals surface area contributed by atoms with Gasteiger partial charge in [-0.25, -0.2) is 0 Å². The van der Waals surface area contributed by atoms with E-state index in [9.17, 15) is 0 Å². The van der Waals surface area contributed by atoms with E-state index >= 15 is 0 Å². The molecule has 0 aliphatic rings. The molecule has 0 heterocycles. The SMILES string of the molecule is CN.Cc1cccc(B(O)O)c1. The quantitative estimate of drug-likeness (QED) is 0.482. The molecule has 3 nitrogen and oxygen atoms in total. The third kappa shape index (κ3) is 3.53. The molecular formula is C8H14BNO2. The summed E-state index contributed by atoms with van der Waals surface area (Å²) in [4.78, 5) is 0. The van der Waals surface area contributed by atoms with Crippen LogP contribution >= 0.6 is 0 Å². The molecule has 0 spiro atoms. The first-order valence-corrected chi connectivity index (χ1v) is 3.70. The number of aryl methyl sites for hydroxylation is 1. The molecule has 0 saturated carbocycles. The maximum Gasteiger partial charge on any atom is 0.488 e. The highest BCUT2D eigenvalue weighted by atomic mass is 16.4. The molecule has 0 radical (unpaired) electrons. The minimum absolute atomic E-state index is 0.542. The summed E-state index contributed by atoms with van der Waals surface area (Å²) in [7, 11) is 0.153. The van der Waals surface area contributed by atoms with Crippen LogP contribution in [0.2, 0.25) is 0 Å². The first-order chi connectivity index (χ1) is 5.70. The van der Waals surface area contributed by atoms with Crippen molar-refractivity contribution in [1.82, 2.24) is 0 Å². The minimum Gasteiger partial charge on any atom is -0.423 e. The van der Waals surface area contributed by atoms with Gasteiger partial charge < -0.3 is 15.8 Å². The van der Waals surface area contributed by atoms with Gasteiger partial charge in [-0.1, -0.05) is 29.8 Å². The molecule has 0 aromatic heterocycles. The highest BCUT2D eigenvalue weighted by Crippen LogP contribution is 1.92. The number of rotatable bonds is 1. The van der Waals surface area contributed by atoms with Crippen molar-refractivity contribution in [3.8, 4) is 0 Å². The van der Waals surface area contributed by atoms with Gasteiger partial charge in [0.2, 0.25) is 0 Å². The smallest absolute Gasteiger partial charge is 0.423 e. The molecule has 0 aliphatic carbocycles. The van der Waals surface area contributed by atoms with Crippen LogP contribution in [0.4, 0.5) is 0 Å². The minimum atomic E-state index is -1.35. The largest absolute Gasteiger partial charge is 0.488 e. The fourth-order valence-corrected chi connectivity index (χ4v) is 0.831. The predicted octanol–water partition coefficient (Wildman–Crippen LogP) is -0.750. The van der Waals surface area contributed by atoms with Crippen molar-refractivity contribution >= 4 is 12.6 Å². The van der Waals surface area contributed by atoms with Gasteiger partial charge in [-0.3, -0.25) is 0 Å². The molecule has 0 unspecified atom stereocenters. The fraction of sp³-hybridized carbons (Fsp3) is 0.250. The van der Waals surface area contributed by atoms with E-state index in [0.717, 1.165) is 5.56 Å². The van der Waals surface area contributed by atoms with Gasteiger partial charge in [0.15, 0.2) is 0 Å². The van der Waals surface area contributed by atoms with Gasteiger partial charge in [-0.15, -0.1) is 0 Å². The van der Waals surface area contributed by atoms with E-state index in [1.165, 1.54) is 7.05 Å². The van der Waals surface area contributed by atoms with E-state index in [4.69, 9.17) is 10.0 Å². The monoisotopic (exact) mass is 167 g/mol. The topological polar surface area (TPSA) is 66.5 Å². The Labute approximate surface area is 73.0 Å². The maximum absolute atomic E-state index is 8.70. The van der Waals surface area contributed by atoms with Crippen LogP contribution < -0.4 is 11.2 Å². The standard InChI is InChI=1S/C7H9BO2.CH5N/c1-6-3-2-4-7(5-6)8(9)10;1-2/h2-5,9-10H,1H3;2H2,1H3. The van der Waals surface area contributed by atoms with E-state index in [1.807, 2.05) is 13.0 Å². The highest BCUT2D eigenvalue weighted by Gasteiger charge is 2.08. The second-order valence-electron chi connectivity index (χ2n) is 2.29. The molecule has 0 fully saturated rings. The Balaban J connectivity index is 0.000000561. The Kier molecular flexibility index (Phi) is 5.37. The van der Waals surface area contributed by atoms with Crippen molar-refractivity contribution in [2.45, 2.75) is 6.92 Å². The van der Waals surface area contributed by atoms with Crippen LogP contribution in [0.1, 0.15) is 5.56 Å². The zero-order valence-corrected chi connectivity index (χ0v) is 7.36. The van der Waals surface area contributed by atoms with Gasteiger partial charge in [0.1, 0.15) is 0 Å². The highest BCUT2D eigenvalue weighted by molar-refractivity contribution is 6.58. The first-order valence-electron chi connectivity index (χ1n) is 3.70. The molecule has 4 N–H and O–H groups in total. The lowest BCUT2D eigenvalue weighted by molar-refractivity contribution is 0.425. The molecule has 66 valence electrons. The van der Waals surface area contributed by atoms with E-state index in [1.54, 1.807) is 18.2 Å². The van der Waals surface area contributed by atoms with Crippen LogP contribution in [0.5, 0.6) is 0 Å². The molecule has 0 saturated heterocycles. The zero-order valence-electron chi connectivity index (χ0n) is 7.36. The van der Waals surface area contributed by atoms with Crippen molar-refractivity contribution in [2.75, 3.05) is 7.05 Å². The zero-order chi connectivity index (χ0) is 9.56. The van der Waals surface area contributed by atoms with Crippen LogP contribution in [0, 0.1) is 6.92 Å². The van der Waals surface area contributed by atoms with E-state index in [0.29, 0.717) is 5.46 Å². The molecule has 0 amide bonds. The Hall–Kier alpha value is -0.835. The Morgan fingerprint density at radius 1 is 1.25 bits per heavy atom. The summed E-state index contributed by atoms with van der Waals surface area (Å²) in [6.45, 7) is 1.91. The number of benzene rings is 1. The lowest BCUT2D eigenvalue weighted by Crippen LogP contribution is -2.29. The molecular weight excluding hydrogens is 153 g/mol. The predicted molar refractivity (Wildman–Crippen MR) is 51.1 cm³/mol. The van der Waals surface area contributed by atoms with Gasteiger partial charge in [0.05, 0.1) is 0 Å². The first kappa shape index (κ1) is 11.2. The average Bonchev–Trinajstić information content (AvgIpc) is 2.08. The Bertz CT molecular complexity index is 228. The summed E-state index contributed by atoms with van der Waals surface area (Å²) in [6, 6.07) is 7.12. The maximum atomic E-state index is 8.70. The van der Waals surface area contributed by atoms with Gasteiger partial charge in [-0.2, -0.15) is 0 Å². The Morgan fingerprint density at radius 2 is 1.83 bits per heavy atom. The molecule has 0 aliphatic heterocycles. The van der Waals surface area contributed by atoms with Crippen molar-refractivity contribution < 1.29 is 10.0 Å². The van der Waals surface area contributed by atoms with Gasteiger partial charge in [-0.05, 0) is 19.4 Å². The van der Waals surface area contributed by atoms with Crippen LogP contribution in [0.3, 0.4) is 0 Å². The van der Waals surface area contributed by atoms with Crippen molar-refractivity contribution in [3.05, 3.63) is 29.8 Å². The van der Waals surface area contributed by atoms with Crippen molar-refractivity contribution in [2.24, 2.45) is 5.73 Å². The Morgan fingerprint density at radius 3 is 2.17 bits per heavy atom. The normalized spacial score (nSPS) is 8.42. The summed E-state index contributed by atoms with van der Waals surface area (Å²) in [6.07, 6.45) is 0. The van der Waals surface area contributed by atoms with E-state index in [2.05, 4.69) is 5.73 Å². The summed E-state index contributed by atoms with van der Waals surface area (Å²) < 4.78 is 0. The van der Waals surface area contributed by atoms with Crippen molar-refractivity contribution in [3.63, 3.8) is 0 Å². The van der Waals surface area contributed by atoms with E-state index in [-0.39, 0.29) is 0 Å². The van der Waals surface area contributed by atoms with Gasteiger partial charge in [0, 0.05) is 0 Å². The van der Waals surface area contributed by atoms with Crippen LogP contribution in [0.15, 0.2) is 24.3 Å². The average molecular weight is 167 g/mol. The molecule has 1 rings (SSSR count). The molecule has 12 heavy (non-hydrogen) atoms. The number of hydrogen-bond donors (Lipinski definition) is 3. The summed E-state index contributed by atoms with van der Waals surface area (Å²) in [5, 5.41) is 17.4. The van der Waals surface area contributed by atoms with E-state index < -0.39 is 7.12 Å². The lowest BCUT2D eigenvalue weighted by Gasteiger charge is -1.98. The fourth-order valence-electron chi connectivity index (χ4n) is 0.831.